The minimum Gasteiger partial charge on any atom is -0.380 e. The van der Waals surface area contributed by atoms with Crippen molar-refractivity contribution in [1.82, 2.24) is 19.9 Å². The van der Waals surface area contributed by atoms with E-state index in [1.807, 2.05) is 6.33 Å². The lowest BCUT2D eigenvalue weighted by atomic mass is 10.1. The molecule has 0 atom stereocenters. The van der Waals surface area contributed by atoms with E-state index in [4.69, 9.17) is 4.98 Å². The Balaban J connectivity index is 1.99. The van der Waals surface area contributed by atoms with Crippen LogP contribution in [-0.2, 0) is 0 Å². The number of aromatic nitrogens is 3. The monoisotopic (exact) mass is 316 g/mol. The van der Waals surface area contributed by atoms with Gasteiger partial charge in [0.25, 0.3) is 0 Å². The van der Waals surface area contributed by atoms with Crippen molar-refractivity contribution in [2.45, 2.75) is 58.7 Å². The molecule has 3 heterocycles. The first-order valence-electron chi connectivity index (χ1n) is 8.66. The maximum atomic E-state index is 4.79. The summed E-state index contributed by atoms with van der Waals surface area (Å²) < 4.78 is 2.13. The third-order valence-corrected chi connectivity index (χ3v) is 4.22. The van der Waals surface area contributed by atoms with E-state index in [2.05, 4.69) is 59.3 Å². The van der Waals surface area contributed by atoms with Crippen LogP contribution in [0.4, 0.5) is 11.5 Å². The molecule has 0 radical (unpaired) electrons. The fourth-order valence-corrected chi connectivity index (χ4v) is 3.05. The minimum atomic E-state index is 0.341. The topological polar surface area (TPSA) is 66.8 Å². The Morgan fingerprint density at radius 3 is 2.61 bits per heavy atom. The number of imidazole rings is 1. The van der Waals surface area contributed by atoms with Gasteiger partial charge < -0.3 is 20.5 Å². The van der Waals surface area contributed by atoms with Crippen molar-refractivity contribution in [2.75, 3.05) is 23.7 Å². The number of anilines is 2. The van der Waals surface area contributed by atoms with Crippen LogP contribution in [0.3, 0.4) is 0 Å². The first-order chi connectivity index (χ1) is 11.0. The molecule has 1 aliphatic rings. The molecule has 126 valence electrons. The summed E-state index contributed by atoms with van der Waals surface area (Å²) >= 11 is 0. The fourth-order valence-electron chi connectivity index (χ4n) is 3.05. The van der Waals surface area contributed by atoms with Crippen LogP contribution in [0.25, 0.3) is 11.2 Å². The average molecular weight is 316 g/mol. The summed E-state index contributed by atoms with van der Waals surface area (Å²) in [6.07, 6.45) is 4.18. The Hall–Kier alpha value is -1.82. The molecule has 6 nitrogen and oxygen atoms in total. The summed E-state index contributed by atoms with van der Waals surface area (Å²) in [5, 5.41) is 10.5. The van der Waals surface area contributed by atoms with Gasteiger partial charge in [-0.05, 0) is 53.6 Å². The summed E-state index contributed by atoms with van der Waals surface area (Å²) in [6, 6.07) is 3.29. The predicted octanol–water partition coefficient (Wildman–Crippen LogP) is 3.00. The number of hydrogen-bond donors (Lipinski definition) is 3. The lowest BCUT2D eigenvalue weighted by Gasteiger charge is -2.25. The Morgan fingerprint density at radius 2 is 1.96 bits per heavy atom. The standard InChI is InChI=1S/C17H28N6/c1-11(2)20-15-9-14(21-13-5-7-18-8-6-13)16-17(22-15)23(10-19-16)12(3)4/h9-13,18H,5-8H2,1-4H3,(H2,20,21,22). The van der Waals surface area contributed by atoms with Gasteiger partial charge in [-0.3, -0.25) is 0 Å². The van der Waals surface area contributed by atoms with Crippen LogP contribution in [0.15, 0.2) is 12.4 Å². The van der Waals surface area contributed by atoms with Crippen molar-refractivity contribution in [3.05, 3.63) is 12.4 Å². The zero-order chi connectivity index (χ0) is 16.4. The molecule has 1 saturated heterocycles. The molecule has 0 aliphatic carbocycles. The number of hydrogen-bond acceptors (Lipinski definition) is 5. The van der Waals surface area contributed by atoms with Gasteiger partial charge in [0, 0.05) is 24.2 Å². The molecule has 3 rings (SSSR count). The van der Waals surface area contributed by atoms with Crippen molar-refractivity contribution >= 4 is 22.7 Å². The van der Waals surface area contributed by atoms with Crippen LogP contribution in [0.1, 0.15) is 46.6 Å². The molecule has 2 aromatic heterocycles. The zero-order valence-electron chi connectivity index (χ0n) is 14.6. The Labute approximate surface area is 138 Å². The zero-order valence-corrected chi connectivity index (χ0v) is 14.6. The molecule has 1 fully saturated rings. The van der Waals surface area contributed by atoms with E-state index in [0.717, 1.165) is 48.6 Å². The van der Waals surface area contributed by atoms with E-state index in [1.165, 1.54) is 0 Å². The molecule has 3 N–H and O–H groups in total. The molecule has 0 amide bonds. The van der Waals surface area contributed by atoms with E-state index in [9.17, 15) is 0 Å². The highest BCUT2D eigenvalue weighted by Crippen LogP contribution is 2.28. The molecule has 0 saturated carbocycles. The van der Waals surface area contributed by atoms with E-state index in [-0.39, 0.29) is 0 Å². The highest BCUT2D eigenvalue weighted by molar-refractivity contribution is 5.88. The lowest BCUT2D eigenvalue weighted by molar-refractivity contribution is 0.479. The van der Waals surface area contributed by atoms with Crippen molar-refractivity contribution in [3.8, 4) is 0 Å². The first kappa shape index (κ1) is 16.1. The minimum absolute atomic E-state index is 0.341. The number of rotatable bonds is 5. The van der Waals surface area contributed by atoms with Crippen molar-refractivity contribution < 1.29 is 0 Å². The largest absolute Gasteiger partial charge is 0.380 e. The van der Waals surface area contributed by atoms with Crippen LogP contribution in [0, 0.1) is 0 Å². The predicted molar refractivity (Wildman–Crippen MR) is 96.2 cm³/mol. The van der Waals surface area contributed by atoms with Gasteiger partial charge in [-0.1, -0.05) is 0 Å². The third kappa shape index (κ3) is 3.58. The van der Waals surface area contributed by atoms with Gasteiger partial charge in [-0.15, -0.1) is 0 Å². The number of nitrogens with zero attached hydrogens (tertiary/aromatic N) is 3. The maximum absolute atomic E-state index is 4.79. The van der Waals surface area contributed by atoms with E-state index in [1.54, 1.807) is 0 Å². The molecular weight excluding hydrogens is 288 g/mol. The van der Waals surface area contributed by atoms with Gasteiger partial charge >= 0.3 is 0 Å². The number of piperidine rings is 1. The van der Waals surface area contributed by atoms with Crippen LogP contribution in [0.5, 0.6) is 0 Å². The summed E-state index contributed by atoms with van der Waals surface area (Å²) in [7, 11) is 0. The first-order valence-corrected chi connectivity index (χ1v) is 8.66. The normalized spacial score (nSPS) is 16.4. The molecule has 23 heavy (non-hydrogen) atoms. The summed E-state index contributed by atoms with van der Waals surface area (Å²) in [5.74, 6) is 0.909. The molecule has 0 spiro atoms. The SMILES string of the molecule is CC(C)Nc1cc(NC2CCNCC2)c2ncn(C(C)C)c2n1. The van der Waals surface area contributed by atoms with E-state index >= 15 is 0 Å². The van der Waals surface area contributed by atoms with Crippen molar-refractivity contribution in [3.63, 3.8) is 0 Å². The van der Waals surface area contributed by atoms with E-state index in [0.29, 0.717) is 18.1 Å². The average Bonchev–Trinajstić information content (AvgIpc) is 2.92. The molecular formula is C17H28N6. The van der Waals surface area contributed by atoms with Gasteiger partial charge in [-0.25, -0.2) is 9.97 Å². The van der Waals surface area contributed by atoms with Crippen LogP contribution < -0.4 is 16.0 Å². The Morgan fingerprint density at radius 1 is 1.22 bits per heavy atom. The maximum Gasteiger partial charge on any atom is 0.164 e. The number of nitrogens with one attached hydrogen (secondary N) is 3. The molecule has 0 aromatic carbocycles. The number of pyridine rings is 1. The van der Waals surface area contributed by atoms with Gasteiger partial charge in [0.2, 0.25) is 0 Å². The summed E-state index contributed by atoms with van der Waals surface area (Å²) in [5.41, 5.74) is 3.00. The second kappa shape index (κ2) is 6.74. The smallest absolute Gasteiger partial charge is 0.164 e. The van der Waals surface area contributed by atoms with Gasteiger partial charge in [0.15, 0.2) is 5.65 Å². The Kier molecular flexibility index (Phi) is 4.71. The van der Waals surface area contributed by atoms with Crippen molar-refractivity contribution in [1.29, 1.82) is 0 Å². The van der Waals surface area contributed by atoms with Crippen molar-refractivity contribution in [2.24, 2.45) is 0 Å². The highest BCUT2D eigenvalue weighted by Gasteiger charge is 2.18. The quantitative estimate of drug-likeness (QED) is 0.791. The van der Waals surface area contributed by atoms with Gasteiger partial charge in [0.05, 0.1) is 12.0 Å². The summed E-state index contributed by atoms with van der Waals surface area (Å²) in [4.78, 5) is 9.41. The van der Waals surface area contributed by atoms with Crippen LogP contribution >= 0.6 is 0 Å². The molecule has 0 unspecified atom stereocenters. The van der Waals surface area contributed by atoms with Crippen LogP contribution in [-0.4, -0.2) is 39.7 Å². The Bertz CT molecular complexity index is 654. The van der Waals surface area contributed by atoms with Crippen LogP contribution in [0.2, 0.25) is 0 Å². The van der Waals surface area contributed by atoms with E-state index < -0.39 is 0 Å². The second-order valence-corrected chi connectivity index (χ2v) is 6.94. The fraction of sp³-hybridized carbons (Fsp3) is 0.647. The number of fused-ring (bicyclic) bond motifs is 1. The molecule has 2 aromatic rings. The lowest BCUT2D eigenvalue weighted by Crippen LogP contribution is -2.35. The molecule has 1 aliphatic heterocycles. The third-order valence-electron chi connectivity index (χ3n) is 4.22. The van der Waals surface area contributed by atoms with Gasteiger partial charge in [0.1, 0.15) is 11.3 Å². The molecule has 0 bridgehead atoms. The van der Waals surface area contributed by atoms with Gasteiger partial charge in [-0.2, -0.15) is 0 Å². The highest BCUT2D eigenvalue weighted by atomic mass is 15.2. The second-order valence-electron chi connectivity index (χ2n) is 6.94. The molecule has 6 heteroatoms. The summed E-state index contributed by atoms with van der Waals surface area (Å²) in [6.45, 7) is 10.7.